The highest BCUT2D eigenvalue weighted by Crippen LogP contribution is 2.43. The van der Waals surface area contributed by atoms with Crippen molar-refractivity contribution in [2.45, 2.75) is 57.7 Å². The minimum atomic E-state index is -4.81. The fourth-order valence-corrected chi connectivity index (χ4v) is 6.09. The molecule has 3 aromatic rings. The summed E-state index contributed by atoms with van der Waals surface area (Å²) in [5.41, 5.74) is 5.19. The summed E-state index contributed by atoms with van der Waals surface area (Å²) in [4.78, 5) is 25.7. The molecule has 42 heavy (non-hydrogen) atoms. The van der Waals surface area contributed by atoms with Crippen LogP contribution >= 0.6 is 11.6 Å². The van der Waals surface area contributed by atoms with Crippen molar-refractivity contribution in [3.05, 3.63) is 56.7 Å². The van der Waals surface area contributed by atoms with Crippen LogP contribution in [0, 0.1) is 5.82 Å². The number of ether oxygens (including phenoxy) is 2. The highest BCUT2D eigenvalue weighted by atomic mass is 35.5. The van der Waals surface area contributed by atoms with Crippen molar-refractivity contribution < 1.29 is 31.8 Å². The number of likely N-dealkylation sites (tertiary alicyclic amines) is 1. The van der Waals surface area contributed by atoms with E-state index in [1.165, 1.54) is 7.11 Å². The van der Waals surface area contributed by atoms with Gasteiger partial charge in [-0.1, -0.05) is 11.6 Å². The number of nitrogen functional groups attached to an aromatic ring is 1. The lowest BCUT2D eigenvalue weighted by Crippen LogP contribution is -2.29. The van der Waals surface area contributed by atoms with Gasteiger partial charge < -0.3 is 25.0 Å². The molecule has 1 amide bonds. The van der Waals surface area contributed by atoms with Crippen LogP contribution in [0.15, 0.2) is 12.1 Å². The van der Waals surface area contributed by atoms with E-state index in [9.17, 15) is 18.0 Å². The molecule has 0 spiro atoms. The Morgan fingerprint density at radius 1 is 1.14 bits per heavy atom. The van der Waals surface area contributed by atoms with Crippen LogP contribution in [0.25, 0.3) is 0 Å². The molecule has 1 fully saturated rings. The molecule has 6 rings (SSSR count). The van der Waals surface area contributed by atoms with Crippen molar-refractivity contribution in [1.82, 2.24) is 24.6 Å². The zero-order valence-corrected chi connectivity index (χ0v) is 23.4. The van der Waals surface area contributed by atoms with E-state index < -0.39 is 34.9 Å². The van der Waals surface area contributed by atoms with E-state index in [1.807, 2.05) is 4.90 Å². The first kappa shape index (κ1) is 28.5. The molecule has 1 atom stereocenters. The lowest BCUT2D eigenvalue weighted by molar-refractivity contribution is -0.140. The van der Waals surface area contributed by atoms with E-state index in [1.54, 1.807) is 9.58 Å². The first-order chi connectivity index (χ1) is 20.1. The Hall–Kier alpha value is -3.65. The van der Waals surface area contributed by atoms with E-state index in [0.717, 1.165) is 25.0 Å². The lowest BCUT2D eigenvalue weighted by atomic mass is 9.94. The van der Waals surface area contributed by atoms with E-state index in [0.29, 0.717) is 55.4 Å². The zero-order valence-electron chi connectivity index (χ0n) is 22.7. The van der Waals surface area contributed by atoms with Crippen molar-refractivity contribution in [3.63, 3.8) is 0 Å². The second-order valence-electron chi connectivity index (χ2n) is 10.5. The number of amides is 1. The number of aromatic nitrogens is 4. The summed E-state index contributed by atoms with van der Waals surface area (Å²) < 4.78 is 69.4. The Morgan fingerprint density at radius 2 is 1.90 bits per heavy atom. The molecule has 2 aromatic heterocycles. The number of carbonyl (C=O) groups excluding carboxylic acids is 1. The Bertz CT molecular complexity index is 1540. The predicted molar refractivity (Wildman–Crippen MR) is 144 cm³/mol. The van der Waals surface area contributed by atoms with E-state index in [2.05, 4.69) is 15.1 Å². The van der Waals surface area contributed by atoms with Crippen LogP contribution in [0.2, 0.25) is 5.02 Å². The van der Waals surface area contributed by atoms with Gasteiger partial charge in [0.25, 0.3) is 5.91 Å². The van der Waals surface area contributed by atoms with Gasteiger partial charge in [0, 0.05) is 43.7 Å². The molecule has 1 aromatic carbocycles. The normalized spacial score (nSPS) is 19.0. The Morgan fingerprint density at radius 3 is 2.62 bits per heavy atom. The highest BCUT2D eigenvalue weighted by molar-refractivity contribution is 6.34. The number of fused-ring (bicyclic) bond motifs is 2. The first-order valence-corrected chi connectivity index (χ1v) is 13.9. The Balaban J connectivity index is 1.34. The van der Waals surface area contributed by atoms with Crippen molar-refractivity contribution in [1.29, 1.82) is 0 Å². The first-order valence-electron chi connectivity index (χ1n) is 13.6. The van der Waals surface area contributed by atoms with Gasteiger partial charge in [-0.05, 0) is 31.4 Å². The SMILES string of the molecule is COc1nc2c(c(N3CCCn4nc(C(=O)N5CCCC5)c(Cl)c4C3)n1)COC(c1c(C(F)(F)F)ccc(N)c1F)C2. The maximum absolute atomic E-state index is 15.0. The molecule has 5 heterocycles. The van der Waals surface area contributed by atoms with Crippen LogP contribution in [0.4, 0.5) is 29.1 Å². The van der Waals surface area contributed by atoms with Crippen LogP contribution in [0.1, 0.15) is 63.9 Å². The van der Waals surface area contributed by atoms with E-state index >= 15 is 4.39 Å². The fourth-order valence-electron chi connectivity index (χ4n) is 5.81. The van der Waals surface area contributed by atoms with E-state index in [-0.39, 0.29) is 42.2 Å². The topological polar surface area (TPSA) is 112 Å². The van der Waals surface area contributed by atoms with Crippen LogP contribution < -0.4 is 15.4 Å². The summed E-state index contributed by atoms with van der Waals surface area (Å²) in [5.74, 6) is -0.913. The summed E-state index contributed by atoms with van der Waals surface area (Å²) in [6.45, 7) is 2.48. The predicted octanol–water partition coefficient (Wildman–Crippen LogP) is 4.54. The molecule has 0 aliphatic carbocycles. The van der Waals surface area contributed by atoms with Gasteiger partial charge in [-0.2, -0.15) is 28.2 Å². The molecule has 0 saturated carbocycles. The third-order valence-electron chi connectivity index (χ3n) is 7.91. The number of carbonyl (C=O) groups is 1. The Kier molecular flexibility index (Phi) is 7.37. The summed E-state index contributed by atoms with van der Waals surface area (Å²) in [5, 5.41) is 4.82. The molecule has 15 heteroatoms. The van der Waals surface area contributed by atoms with Gasteiger partial charge in [0.15, 0.2) is 11.5 Å². The number of nitrogens with zero attached hydrogens (tertiary/aromatic N) is 6. The maximum atomic E-state index is 15.0. The number of hydrogen-bond donors (Lipinski definition) is 1. The van der Waals surface area contributed by atoms with Crippen LogP contribution in [0.3, 0.4) is 0 Å². The molecule has 1 saturated heterocycles. The number of halogens is 5. The van der Waals surface area contributed by atoms with Crippen molar-refractivity contribution >= 4 is 29.0 Å². The number of anilines is 2. The average molecular weight is 610 g/mol. The fraction of sp³-hybridized carbons (Fsp3) is 0.481. The van der Waals surface area contributed by atoms with Gasteiger partial charge in [0.1, 0.15) is 5.82 Å². The smallest absolute Gasteiger partial charge is 0.416 e. The summed E-state index contributed by atoms with van der Waals surface area (Å²) in [7, 11) is 1.38. The maximum Gasteiger partial charge on any atom is 0.416 e. The van der Waals surface area contributed by atoms with Gasteiger partial charge in [-0.25, -0.2) is 4.39 Å². The summed E-state index contributed by atoms with van der Waals surface area (Å²) in [6.07, 6.45) is -3.73. The average Bonchev–Trinajstić information content (AvgIpc) is 3.55. The largest absolute Gasteiger partial charge is 0.467 e. The van der Waals surface area contributed by atoms with Crippen molar-refractivity contribution in [2.75, 3.05) is 37.4 Å². The molecule has 224 valence electrons. The molecule has 3 aliphatic rings. The third-order valence-corrected chi connectivity index (χ3v) is 8.30. The van der Waals surface area contributed by atoms with Gasteiger partial charge in [-0.3, -0.25) is 9.48 Å². The van der Waals surface area contributed by atoms with Crippen molar-refractivity contribution in [2.24, 2.45) is 0 Å². The van der Waals surface area contributed by atoms with Crippen LogP contribution in [0.5, 0.6) is 6.01 Å². The molecule has 1 unspecified atom stereocenters. The molecule has 0 bridgehead atoms. The van der Waals surface area contributed by atoms with E-state index in [4.69, 9.17) is 26.8 Å². The zero-order chi connectivity index (χ0) is 29.8. The molecule has 2 N–H and O–H groups in total. The number of hydrogen-bond acceptors (Lipinski definition) is 8. The number of rotatable bonds is 4. The number of methoxy groups -OCH3 is 1. The number of aryl methyl sites for hydroxylation is 1. The molecule has 0 radical (unpaired) electrons. The lowest BCUT2D eigenvalue weighted by Gasteiger charge is -2.31. The standard InChI is InChI=1S/C27H28ClF4N7O3/c1-41-26-34-17-11-19(20-15(27(30,31)32)5-6-16(33)22(20)29)42-13-14(17)24(35-26)38-9-4-10-39-18(12-38)21(28)23(36-39)25(40)37-7-2-3-8-37/h5-6,19H,2-4,7-13,33H2,1H3. The quantitative estimate of drug-likeness (QED) is 0.339. The summed E-state index contributed by atoms with van der Waals surface area (Å²) >= 11 is 6.73. The van der Waals surface area contributed by atoms with Crippen LogP contribution in [-0.2, 0) is 37.0 Å². The second kappa shape index (κ2) is 10.9. The molecule has 10 nitrogen and oxygen atoms in total. The highest BCUT2D eigenvalue weighted by Gasteiger charge is 2.40. The molecular weight excluding hydrogens is 582 g/mol. The third kappa shape index (κ3) is 5.00. The number of nitrogens with two attached hydrogens (primary N) is 1. The molecular formula is C27H28ClF4N7O3. The van der Waals surface area contributed by atoms with Gasteiger partial charge >= 0.3 is 12.2 Å². The molecule has 3 aliphatic heterocycles. The summed E-state index contributed by atoms with van der Waals surface area (Å²) in [6, 6.07) is 1.65. The minimum Gasteiger partial charge on any atom is -0.467 e. The number of alkyl halides is 3. The van der Waals surface area contributed by atoms with Gasteiger partial charge in [0.2, 0.25) is 0 Å². The monoisotopic (exact) mass is 609 g/mol. The second-order valence-corrected chi connectivity index (χ2v) is 10.9. The van der Waals surface area contributed by atoms with Gasteiger partial charge in [-0.15, -0.1) is 0 Å². The van der Waals surface area contributed by atoms with Crippen molar-refractivity contribution in [3.8, 4) is 6.01 Å². The Labute approximate surface area is 243 Å². The van der Waals surface area contributed by atoms with Gasteiger partial charge in [0.05, 0.1) is 54.0 Å². The number of benzene rings is 1. The minimum absolute atomic E-state index is 0.00208. The van der Waals surface area contributed by atoms with Crippen LogP contribution in [-0.4, -0.2) is 57.3 Å².